The number of fused-ring (bicyclic) bond motifs is 7. The van der Waals surface area contributed by atoms with Crippen LogP contribution in [0.4, 0.5) is 0 Å². The third kappa shape index (κ3) is 5.44. The number of methoxy groups -OCH3 is 1. The molecule has 3 aliphatic heterocycles. The molecule has 0 unspecified atom stereocenters. The molecule has 36 heavy (non-hydrogen) atoms. The van der Waals surface area contributed by atoms with Crippen LogP contribution in [0.25, 0.3) is 11.1 Å². The molecule has 3 aliphatic rings. The normalized spacial score (nSPS) is 20.1. The first-order valence-corrected chi connectivity index (χ1v) is 12.0. The average Bonchev–Trinajstić information content (AvgIpc) is 2.92. The summed E-state index contributed by atoms with van der Waals surface area (Å²) in [6.07, 6.45) is 0.599. The Bertz CT molecular complexity index is 1240. The largest absolute Gasteiger partial charge is 0.496 e. The van der Waals surface area contributed by atoms with Crippen LogP contribution in [-0.2, 0) is 11.3 Å². The van der Waals surface area contributed by atoms with Gasteiger partial charge in [0, 0.05) is 24.2 Å². The highest BCUT2D eigenvalue weighted by atomic mass is 16.5. The van der Waals surface area contributed by atoms with Crippen molar-refractivity contribution in [3.8, 4) is 28.4 Å². The maximum absolute atomic E-state index is 13.3. The highest BCUT2D eigenvalue weighted by Crippen LogP contribution is 2.33. The van der Waals surface area contributed by atoms with Crippen LogP contribution in [0.5, 0.6) is 17.2 Å². The number of rotatable bonds is 1. The van der Waals surface area contributed by atoms with E-state index in [1.165, 1.54) is 0 Å². The van der Waals surface area contributed by atoms with Gasteiger partial charge in [-0.25, -0.2) is 0 Å². The SMILES string of the molecule is COc1ccc2cc1-c1cccc(c1)OCC(=O)NCc1ccc(cc1)O[C@@H]1CCNC[C@H]1NC2=O. The van der Waals surface area contributed by atoms with Crippen LogP contribution in [0.1, 0.15) is 22.3 Å². The number of nitrogens with one attached hydrogen (secondary N) is 3. The van der Waals surface area contributed by atoms with E-state index in [4.69, 9.17) is 14.2 Å². The second-order valence-corrected chi connectivity index (χ2v) is 8.88. The number of piperidine rings is 1. The summed E-state index contributed by atoms with van der Waals surface area (Å²) in [6.45, 7) is 1.70. The molecule has 0 radical (unpaired) electrons. The molecule has 2 atom stereocenters. The number of carbonyl (C=O) groups is 2. The molecule has 6 rings (SSSR count). The lowest BCUT2D eigenvalue weighted by molar-refractivity contribution is -0.123. The number of benzene rings is 3. The Balaban J connectivity index is 1.49. The predicted molar refractivity (Wildman–Crippen MR) is 135 cm³/mol. The molecule has 0 aromatic heterocycles. The van der Waals surface area contributed by atoms with Gasteiger partial charge in [0.2, 0.25) is 0 Å². The lowest BCUT2D eigenvalue weighted by Gasteiger charge is -2.33. The Kier molecular flexibility index (Phi) is 7.04. The number of hydrogen-bond acceptors (Lipinski definition) is 6. The van der Waals surface area contributed by atoms with Crippen molar-refractivity contribution < 1.29 is 23.8 Å². The number of ether oxygens (including phenoxy) is 3. The fourth-order valence-corrected chi connectivity index (χ4v) is 4.46. The first kappa shape index (κ1) is 23.7. The van der Waals surface area contributed by atoms with E-state index in [1.54, 1.807) is 25.3 Å². The lowest BCUT2D eigenvalue weighted by atomic mass is 10.00. The summed E-state index contributed by atoms with van der Waals surface area (Å²) in [5.74, 6) is 1.50. The molecule has 2 amide bonds. The minimum absolute atomic E-state index is 0.110. The molecule has 1 fully saturated rings. The second kappa shape index (κ2) is 10.7. The fourth-order valence-electron chi connectivity index (χ4n) is 4.46. The maximum Gasteiger partial charge on any atom is 0.258 e. The molecule has 3 heterocycles. The number of amides is 2. The van der Waals surface area contributed by atoms with E-state index in [2.05, 4.69) is 16.0 Å². The van der Waals surface area contributed by atoms with Crippen LogP contribution in [0.3, 0.4) is 0 Å². The first-order chi connectivity index (χ1) is 17.6. The van der Waals surface area contributed by atoms with Crippen LogP contribution in [-0.4, -0.2) is 50.8 Å². The van der Waals surface area contributed by atoms with E-state index < -0.39 is 0 Å². The van der Waals surface area contributed by atoms with Crippen LogP contribution < -0.4 is 30.2 Å². The Hall–Kier alpha value is -4.04. The Morgan fingerprint density at radius 1 is 0.944 bits per heavy atom. The lowest BCUT2D eigenvalue weighted by Crippen LogP contribution is -2.55. The monoisotopic (exact) mass is 487 g/mol. The van der Waals surface area contributed by atoms with Crippen LogP contribution >= 0.6 is 0 Å². The molecule has 186 valence electrons. The zero-order chi connectivity index (χ0) is 24.9. The summed E-state index contributed by atoms with van der Waals surface area (Å²) in [4.78, 5) is 25.7. The van der Waals surface area contributed by atoms with Crippen molar-refractivity contribution in [2.45, 2.75) is 25.1 Å². The Morgan fingerprint density at radius 3 is 2.64 bits per heavy atom. The third-order valence-corrected chi connectivity index (χ3v) is 6.41. The van der Waals surface area contributed by atoms with Crippen molar-refractivity contribution in [2.75, 3.05) is 26.8 Å². The van der Waals surface area contributed by atoms with Crippen molar-refractivity contribution >= 4 is 11.8 Å². The van der Waals surface area contributed by atoms with Gasteiger partial charge >= 0.3 is 0 Å². The van der Waals surface area contributed by atoms with Crippen molar-refractivity contribution in [3.05, 3.63) is 77.9 Å². The van der Waals surface area contributed by atoms with Crippen LogP contribution in [0, 0.1) is 0 Å². The summed E-state index contributed by atoms with van der Waals surface area (Å²) in [7, 11) is 1.59. The van der Waals surface area contributed by atoms with Gasteiger partial charge in [0.1, 0.15) is 23.4 Å². The van der Waals surface area contributed by atoms with Gasteiger partial charge in [-0.2, -0.15) is 0 Å². The minimum atomic E-state index is -0.219. The summed E-state index contributed by atoms with van der Waals surface area (Å²) >= 11 is 0. The Morgan fingerprint density at radius 2 is 1.81 bits per heavy atom. The molecule has 0 spiro atoms. The quantitative estimate of drug-likeness (QED) is 0.488. The zero-order valence-corrected chi connectivity index (χ0v) is 20.1. The third-order valence-electron chi connectivity index (χ3n) is 6.41. The molecule has 3 aromatic rings. The zero-order valence-electron chi connectivity index (χ0n) is 20.1. The molecular weight excluding hydrogens is 458 g/mol. The number of hydrogen-bond donors (Lipinski definition) is 3. The highest BCUT2D eigenvalue weighted by Gasteiger charge is 2.29. The van der Waals surface area contributed by atoms with Gasteiger partial charge in [0.05, 0.1) is 13.2 Å². The maximum atomic E-state index is 13.3. The summed E-state index contributed by atoms with van der Waals surface area (Å²) < 4.78 is 17.6. The Labute approximate surface area is 209 Å². The summed E-state index contributed by atoms with van der Waals surface area (Å²) in [5, 5.41) is 9.38. The second-order valence-electron chi connectivity index (χ2n) is 8.88. The molecule has 0 aliphatic carbocycles. The van der Waals surface area contributed by atoms with Crippen molar-refractivity contribution in [2.24, 2.45) is 0 Å². The molecule has 8 nitrogen and oxygen atoms in total. The van der Waals surface area contributed by atoms with Crippen molar-refractivity contribution in [3.63, 3.8) is 0 Å². The van der Waals surface area contributed by atoms with Gasteiger partial charge in [-0.3, -0.25) is 9.59 Å². The predicted octanol–water partition coefficient (Wildman–Crippen LogP) is 2.91. The van der Waals surface area contributed by atoms with Gasteiger partial charge in [0.15, 0.2) is 6.61 Å². The fraction of sp³-hybridized carbons (Fsp3) is 0.286. The van der Waals surface area contributed by atoms with Gasteiger partial charge < -0.3 is 30.2 Å². The molecule has 0 saturated carbocycles. The van der Waals surface area contributed by atoms with Crippen molar-refractivity contribution in [1.82, 2.24) is 16.0 Å². The highest BCUT2D eigenvalue weighted by molar-refractivity contribution is 5.96. The van der Waals surface area contributed by atoms with E-state index in [-0.39, 0.29) is 30.6 Å². The standard InChI is InChI=1S/C28H29N3O5/c1-34-25-10-7-20-14-23(25)19-3-2-4-22(13-19)35-17-27(32)30-15-18-5-8-21(9-6-18)36-26-11-12-29-16-24(26)31-28(20)33/h2-10,13-14,24,26,29H,11-12,15-17H2,1H3,(H,30,32)(H,31,33)/t24-,26-/m1/s1. The first-order valence-electron chi connectivity index (χ1n) is 12.0. The molecule has 1 saturated heterocycles. The van der Waals surface area contributed by atoms with E-state index in [9.17, 15) is 9.59 Å². The number of carbonyl (C=O) groups excluding carboxylic acids is 2. The van der Waals surface area contributed by atoms with Crippen molar-refractivity contribution in [1.29, 1.82) is 0 Å². The van der Waals surface area contributed by atoms with Gasteiger partial charge in [-0.1, -0.05) is 24.3 Å². The molecule has 6 bridgehead atoms. The van der Waals surface area contributed by atoms with E-state index in [0.717, 1.165) is 35.4 Å². The molecular formula is C28H29N3O5. The van der Waals surface area contributed by atoms with Gasteiger partial charge in [0.25, 0.3) is 11.8 Å². The molecule has 8 heteroatoms. The smallest absolute Gasteiger partial charge is 0.258 e. The van der Waals surface area contributed by atoms with E-state index in [1.807, 2.05) is 48.5 Å². The van der Waals surface area contributed by atoms with Gasteiger partial charge in [-0.15, -0.1) is 0 Å². The van der Waals surface area contributed by atoms with Gasteiger partial charge in [-0.05, 0) is 66.6 Å². The minimum Gasteiger partial charge on any atom is -0.496 e. The summed E-state index contributed by atoms with van der Waals surface area (Å²) in [5.41, 5.74) is 3.03. The topological polar surface area (TPSA) is 97.9 Å². The van der Waals surface area contributed by atoms with E-state index in [0.29, 0.717) is 30.2 Å². The summed E-state index contributed by atoms with van der Waals surface area (Å²) in [6, 6.07) is 20.1. The average molecular weight is 488 g/mol. The van der Waals surface area contributed by atoms with Crippen LogP contribution in [0.15, 0.2) is 66.7 Å². The molecule has 3 N–H and O–H groups in total. The van der Waals surface area contributed by atoms with Crippen LogP contribution in [0.2, 0.25) is 0 Å². The van der Waals surface area contributed by atoms with E-state index >= 15 is 0 Å². The molecule has 3 aromatic carbocycles.